The Morgan fingerprint density at radius 1 is 1.37 bits per heavy atom. The van der Waals surface area contributed by atoms with E-state index in [1.54, 1.807) is 29.8 Å². The monoisotopic (exact) mass is 343 g/mol. The second-order valence-corrected chi connectivity index (χ2v) is 6.50. The molecular weight excluding hydrogens is 330 g/mol. The number of sulfonamides is 1. The molecule has 0 spiro atoms. The molecule has 0 aliphatic rings. The summed E-state index contributed by atoms with van der Waals surface area (Å²) in [5, 5.41) is 4.05. The molecule has 1 heterocycles. The zero-order valence-electron chi connectivity index (χ0n) is 10.6. The lowest BCUT2D eigenvalue weighted by Crippen LogP contribution is -2.14. The number of nitrogens with zero attached hydrogens (tertiary/aromatic N) is 2. The Balaban J connectivity index is 2.38. The highest BCUT2D eigenvalue weighted by molar-refractivity contribution is 9.10. The molecule has 102 valence electrons. The van der Waals surface area contributed by atoms with Crippen molar-refractivity contribution < 1.29 is 8.42 Å². The van der Waals surface area contributed by atoms with E-state index in [-0.39, 0.29) is 4.90 Å². The van der Waals surface area contributed by atoms with Gasteiger partial charge in [0.1, 0.15) is 4.90 Å². The summed E-state index contributed by atoms with van der Waals surface area (Å²) in [7, 11) is -3.62. The van der Waals surface area contributed by atoms with E-state index in [9.17, 15) is 8.42 Å². The molecule has 0 aliphatic carbocycles. The number of aryl methyl sites for hydroxylation is 1. The maximum Gasteiger partial charge on any atom is 0.265 e. The van der Waals surface area contributed by atoms with Crippen molar-refractivity contribution in [3.63, 3.8) is 0 Å². The molecule has 7 heteroatoms. The predicted octanol–water partition coefficient (Wildman–Crippen LogP) is 2.77. The minimum absolute atomic E-state index is 0.199. The van der Waals surface area contributed by atoms with Gasteiger partial charge in [0.2, 0.25) is 0 Å². The van der Waals surface area contributed by atoms with Crippen LogP contribution in [0.2, 0.25) is 0 Å². The zero-order chi connectivity index (χ0) is 14.0. The summed E-state index contributed by atoms with van der Waals surface area (Å²) in [5.74, 6) is 0. The number of hydrogen-bond donors (Lipinski definition) is 1. The first-order valence-corrected chi connectivity index (χ1v) is 8.03. The lowest BCUT2D eigenvalue weighted by Gasteiger charge is -2.09. The summed E-state index contributed by atoms with van der Waals surface area (Å²) in [4.78, 5) is 0.199. The van der Waals surface area contributed by atoms with Crippen molar-refractivity contribution in [2.24, 2.45) is 0 Å². The maximum absolute atomic E-state index is 12.3. The van der Waals surface area contributed by atoms with Crippen molar-refractivity contribution in [3.8, 4) is 0 Å². The molecule has 0 aliphatic heterocycles. The summed E-state index contributed by atoms with van der Waals surface area (Å²) < 4.78 is 29.5. The number of aromatic nitrogens is 2. The smallest absolute Gasteiger partial charge is 0.265 e. The van der Waals surface area contributed by atoms with Crippen LogP contribution in [0.5, 0.6) is 0 Å². The third-order valence-corrected chi connectivity index (χ3v) is 4.93. The van der Waals surface area contributed by atoms with Gasteiger partial charge in [-0.15, -0.1) is 0 Å². The summed E-state index contributed by atoms with van der Waals surface area (Å²) in [6.45, 7) is 4.29. The Kier molecular flexibility index (Phi) is 3.96. The van der Waals surface area contributed by atoms with Crippen LogP contribution < -0.4 is 4.72 Å². The fraction of sp³-hybridized carbons (Fsp3) is 0.250. The molecule has 2 rings (SSSR count). The standard InChI is InChI=1S/C12H14BrN3O2S/c1-3-16-9(2)12(8-14-16)19(17,18)15-11-7-5-4-6-10(11)13/h4-8,15H,3H2,1-2H3. The molecule has 0 bridgehead atoms. The van der Waals surface area contributed by atoms with Gasteiger partial charge in [0.15, 0.2) is 0 Å². The second-order valence-electron chi connectivity index (χ2n) is 4.00. The van der Waals surface area contributed by atoms with E-state index in [4.69, 9.17) is 0 Å². The normalized spacial score (nSPS) is 11.5. The average molecular weight is 344 g/mol. The summed E-state index contributed by atoms with van der Waals surface area (Å²) >= 11 is 3.31. The lowest BCUT2D eigenvalue weighted by molar-refractivity contribution is 0.598. The van der Waals surface area contributed by atoms with E-state index in [0.717, 1.165) is 0 Å². The van der Waals surface area contributed by atoms with Crippen molar-refractivity contribution in [1.29, 1.82) is 0 Å². The Morgan fingerprint density at radius 2 is 2.05 bits per heavy atom. The van der Waals surface area contributed by atoms with Crippen molar-refractivity contribution in [3.05, 3.63) is 40.6 Å². The highest BCUT2D eigenvalue weighted by atomic mass is 79.9. The first kappa shape index (κ1) is 14.1. The fourth-order valence-corrected chi connectivity index (χ4v) is 3.53. The van der Waals surface area contributed by atoms with E-state index in [2.05, 4.69) is 25.8 Å². The van der Waals surface area contributed by atoms with Crippen LogP contribution in [0.15, 0.2) is 39.8 Å². The largest absolute Gasteiger partial charge is 0.278 e. The Morgan fingerprint density at radius 3 is 2.63 bits per heavy atom. The van der Waals surface area contributed by atoms with E-state index >= 15 is 0 Å². The van der Waals surface area contributed by atoms with Crippen molar-refractivity contribution in [2.75, 3.05) is 4.72 Å². The van der Waals surface area contributed by atoms with Gasteiger partial charge in [0, 0.05) is 11.0 Å². The number of rotatable bonds is 4. The highest BCUT2D eigenvalue weighted by Crippen LogP contribution is 2.25. The van der Waals surface area contributed by atoms with Gasteiger partial charge in [0.05, 0.1) is 17.6 Å². The molecule has 0 unspecified atom stereocenters. The van der Waals surface area contributed by atoms with Gasteiger partial charge < -0.3 is 0 Å². The molecule has 19 heavy (non-hydrogen) atoms. The molecule has 1 N–H and O–H groups in total. The van der Waals surface area contributed by atoms with Gasteiger partial charge in [-0.3, -0.25) is 9.40 Å². The van der Waals surface area contributed by atoms with Crippen LogP contribution in [0.1, 0.15) is 12.6 Å². The molecule has 0 fully saturated rings. The molecule has 5 nitrogen and oxygen atoms in total. The minimum Gasteiger partial charge on any atom is -0.278 e. The van der Waals surface area contributed by atoms with E-state index in [0.29, 0.717) is 22.4 Å². The molecule has 1 aromatic carbocycles. The van der Waals surface area contributed by atoms with Crippen LogP contribution in [0, 0.1) is 6.92 Å². The highest BCUT2D eigenvalue weighted by Gasteiger charge is 2.21. The third-order valence-electron chi connectivity index (χ3n) is 2.77. The quantitative estimate of drug-likeness (QED) is 0.928. The van der Waals surface area contributed by atoms with Gasteiger partial charge in [-0.05, 0) is 41.9 Å². The van der Waals surface area contributed by atoms with Gasteiger partial charge in [-0.25, -0.2) is 8.42 Å². The number of anilines is 1. The molecule has 1 aromatic heterocycles. The molecule has 0 saturated carbocycles. The predicted molar refractivity (Wildman–Crippen MR) is 77.6 cm³/mol. The van der Waals surface area contributed by atoms with Crippen LogP contribution in [0.3, 0.4) is 0 Å². The number of halogens is 1. The van der Waals surface area contributed by atoms with Crippen LogP contribution >= 0.6 is 15.9 Å². The number of benzene rings is 1. The lowest BCUT2D eigenvalue weighted by atomic mass is 10.3. The topological polar surface area (TPSA) is 64.0 Å². The van der Waals surface area contributed by atoms with Crippen LogP contribution in [0.25, 0.3) is 0 Å². The van der Waals surface area contributed by atoms with Crippen LogP contribution in [-0.2, 0) is 16.6 Å². The summed E-state index contributed by atoms with van der Waals surface area (Å²) in [5.41, 5.74) is 1.13. The summed E-state index contributed by atoms with van der Waals surface area (Å²) in [6.07, 6.45) is 1.37. The van der Waals surface area contributed by atoms with Gasteiger partial charge >= 0.3 is 0 Å². The first-order valence-electron chi connectivity index (χ1n) is 5.75. The second kappa shape index (κ2) is 5.34. The fourth-order valence-electron chi connectivity index (χ4n) is 1.76. The van der Waals surface area contributed by atoms with Gasteiger partial charge in [0.25, 0.3) is 10.0 Å². The Bertz CT molecular complexity index is 695. The third kappa shape index (κ3) is 2.82. The minimum atomic E-state index is -3.62. The zero-order valence-corrected chi connectivity index (χ0v) is 13.0. The first-order chi connectivity index (χ1) is 8.95. The van der Waals surface area contributed by atoms with Crippen LogP contribution in [-0.4, -0.2) is 18.2 Å². The summed E-state index contributed by atoms with van der Waals surface area (Å²) in [6, 6.07) is 7.06. The van der Waals surface area contributed by atoms with Crippen molar-refractivity contribution >= 4 is 31.6 Å². The van der Waals surface area contributed by atoms with Gasteiger partial charge in [-0.2, -0.15) is 5.10 Å². The van der Waals surface area contributed by atoms with E-state index in [1.807, 2.05) is 13.0 Å². The maximum atomic E-state index is 12.3. The molecule has 0 radical (unpaired) electrons. The number of hydrogen-bond acceptors (Lipinski definition) is 3. The molecule has 0 saturated heterocycles. The van der Waals surface area contributed by atoms with E-state index in [1.165, 1.54) is 6.20 Å². The SMILES string of the molecule is CCn1ncc(S(=O)(=O)Nc2ccccc2Br)c1C. The molecule has 0 atom stereocenters. The number of nitrogens with one attached hydrogen (secondary N) is 1. The molecular formula is C12H14BrN3O2S. The molecule has 0 amide bonds. The van der Waals surface area contributed by atoms with Crippen LogP contribution in [0.4, 0.5) is 5.69 Å². The molecule has 2 aromatic rings. The Hall–Kier alpha value is -1.34. The van der Waals surface area contributed by atoms with Crippen molar-refractivity contribution in [2.45, 2.75) is 25.3 Å². The average Bonchev–Trinajstić information content (AvgIpc) is 2.74. The van der Waals surface area contributed by atoms with Crippen molar-refractivity contribution in [1.82, 2.24) is 9.78 Å². The van der Waals surface area contributed by atoms with E-state index < -0.39 is 10.0 Å². The number of para-hydroxylation sites is 1. The Labute approximate surface area is 120 Å². The van der Waals surface area contributed by atoms with Gasteiger partial charge in [-0.1, -0.05) is 12.1 Å².